The molecule has 1 aromatic carbocycles. The number of aliphatic imine (C=N–C) groups is 1. The van der Waals surface area contributed by atoms with Crippen molar-refractivity contribution >= 4 is 18.0 Å². The molecule has 5 heteroatoms. The quantitative estimate of drug-likeness (QED) is 0.238. The van der Waals surface area contributed by atoms with E-state index in [9.17, 15) is 4.79 Å². The van der Waals surface area contributed by atoms with E-state index in [1.54, 1.807) is 31.3 Å². The van der Waals surface area contributed by atoms with E-state index in [4.69, 9.17) is 5.73 Å². The summed E-state index contributed by atoms with van der Waals surface area (Å²) < 4.78 is 0. The molecule has 5 nitrogen and oxygen atoms in total. The number of benzene rings is 1. The number of hydroxylamine groups is 1. The SMILES string of the molecule is CN=C(NOC=O)c1ccc(N)cc1. The summed E-state index contributed by atoms with van der Waals surface area (Å²) in [7, 11) is 1.59. The van der Waals surface area contributed by atoms with E-state index in [0.29, 0.717) is 18.0 Å². The molecule has 0 aliphatic rings. The van der Waals surface area contributed by atoms with Gasteiger partial charge in [-0.2, -0.15) is 0 Å². The van der Waals surface area contributed by atoms with Crippen molar-refractivity contribution in [1.29, 1.82) is 0 Å². The molecule has 0 fully saturated rings. The minimum atomic E-state index is 0.294. The minimum absolute atomic E-state index is 0.294. The molecule has 0 aliphatic heterocycles. The van der Waals surface area contributed by atoms with Gasteiger partial charge in [0.1, 0.15) is 0 Å². The first-order chi connectivity index (χ1) is 6.77. The van der Waals surface area contributed by atoms with Crippen LogP contribution in [0.3, 0.4) is 0 Å². The predicted molar refractivity (Wildman–Crippen MR) is 53.6 cm³/mol. The Morgan fingerprint density at radius 1 is 1.50 bits per heavy atom. The van der Waals surface area contributed by atoms with Gasteiger partial charge in [0.25, 0.3) is 0 Å². The highest BCUT2D eigenvalue weighted by molar-refractivity contribution is 5.98. The number of carbonyl (C=O) groups excluding carboxylic acids is 1. The summed E-state index contributed by atoms with van der Waals surface area (Å²) in [5.74, 6) is 0.470. The van der Waals surface area contributed by atoms with Crippen molar-refractivity contribution in [1.82, 2.24) is 5.48 Å². The summed E-state index contributed by atoms with van der Waals surface area (Å²) in [5, 5.41) is 0. The van der Waals surface area contributed by atoms with Crippen LogP contribution in [-0.2, 0) is 9.63 Å². The molecular weight excluding hydrogens is 182 g/mol. The number of hydrogen-bond donors (Lipinski definition) is 2. The Hall–Kier alpha value is -2.04. The Bertz CT molecular complexity index is 332. The Morgan fingerprint density at radius 2 is 2.14 bits per heavy atom. The molecule has 0 aromatic heterocycles. The predicted octanol–water partition coefficient (Wildman–Crippen LogP) is 0.323. The maximum atomic E-state index is 9.95. The molecule has 0 saturated carbocycles. The van der Waals surface area contributed by atoms with E-state index in [1.807, 2.05) is 0 Å². The van der Waals surface area contributed by atoms with Gasteiger partial charge in [0.05, 0.1) is 0 Å². The number of carbonyl (C=O) groups is 1. The highest BCUT2D eigenvalue weighted by atomic mass is 16.7. The molecule has 0 saturated heterocycles. The fraction of sp³-hybridized carbons (Fsp3) is 0.111. The second kappa shape index (κ2) is 4.86. The number of hydrogen-bond acceptors (Lipinski definition) is 4. The fourth-order valence-electron chi connectivity index (χ4n) is 0.955. The molecular formula is C9H11N3O2. The van der Waals surface area contributed by atoms with E-state index < -0.39 is 0 Å². The Kier molecular flexibility index (Phi) is 3.49. The largest absolute Gasteiger partial charge is 0.399 e. The van der Waals surface area contributed by atoms with Crippen LogP contribution >= 0.6 is 0 Å². The van der Waals surface area contributed by atoms with Gasteiger partial charge in [0.2, 0.25) is 0 Å². The van der Waals surface area contributed by atoms with Gasteiger partial charge in [0, 0.05) is 18.3 Å². The van der Waals surface area contributed by atoms with Crippen LogP contribution in [0.4, 0.5) is 5.69 Å². The Morgan fingerprint density at radius 3 is 2.64 bits per heavy atom. The third-order valence-corrected chi connectivity index (χ3v) is 1.61. The third-order valence-electron chi connectivity index (χ3n) is 1.61. The Labute approximate surface area is 81.5 Å². The number of nitrogens with one attached hydrogen (secondary N) is 1. The Balaban J connectivity index is 2.79. The van der Waals surface area contributed by atoms with Crippen molar-refractivity contribution < 1.29 is 9.63 Å². The van der Waals surface area contributed by atoms with Crippen LogP contribution in [0.15, 0.2) is 29.3 Å². The van der Waals surface area contributed by atoms with Crippen LogP contribution in [0.2, 0.25) is 0 Å². The molecule has 0 amide bonds. The van der Waals surface area contributed by atoms with Crippen molar-refractivity contribution in [2.45, 2.75) is 0 Å². The number of nitrogens with zero attached hydrogens (tertiary/aromatic N) is 1. The lowest BCUT2D eigenvalue weighted by molar-refractivity contribution is -0.132. The van der Waals surface area contributed by atoms with Crippen molar-refractivity contribution in [2.75, 3.05) is 12.8 Å². The van der Waals surface area contributed by atoms with Crippen molar-refractivity contribution in [3.8, 4) is 0 Å². The summed E-state index contributed by atoms with van der Waals surface area (Å²) in [6, 6.07) is 7.03. The van der Waals surface area contributed by atoms with Gasteiger partial charge in [0.15, 0.2) is 5.84 Å². The molecule has 1 aromatic rings. The molecule has 0 heterocycles. The molecule has 3 N–H and O–H groups in total. The summed E-state index contributed by atoms with van der Waals surface area (Å²) in [6.07, 6.45) is 0. The minimum Gasteiger partial charge on any atom is -0.399 e. The average Bonchev–Trinajstić information content (AvgIpc) is 2.21. The first-order valence-corrected chi connectivity index (χ1v) is 3.96. The molecule has 0 spiro atoms. The van der Waals surface area contributed by atoms with Crippen LogP contribution in [0, 0.1) is 0 Å². The van der Waals surface area contributed by atoms with E-state index in [0.717, 1.165) is 5.56 Å². The van der Waals surface area contributed by atoms with E-state index in [2.05, 4.69) is 15.3 Å². The molecule has 14 heavy (non-hydrogen) atoms. The van der Waals surface area contributed by atoms with Gasteiger partial charge in [-0.05, 0) is 24.3 Å². The van der Waals surface area contributed by atoms with Gasteiger partial charge in [-0.1, -0.05) is 0 Å². The lowest BCUT2D eigenvalue weighted by Crippen LogP contribution is -2.24. The van der Waals surface area contributed by atoms with Crippen LogP contribution in [0.5, 0.6) is 0 Å². The number of amidine groups is 1. The van der Waals surface area contributed by atoms with Crippen LogP contribution in [-0.4, -0.2) is 19.4 Å². The molecule has 0 bridgehead atoms. The highest BCUT2D eigenvalue weighted by Gasteiger charge is 2.01. The summed E-state index contributed by atoms with van der Waals surface area (Å²) in [5.41, 5.74) is 9.38. The van der Waals surface area contributed by atoms with E-state index in [1.165, 1.54) is 0 Å². The summed E-state index contributed by atoms with van der Waals surface area (Å²) in [6.45, 7) is 0.294. The van der Waals surface area contributed by atoms with Crippen molar-refractivity contribution in [3.05, 3.63) is 29.8 Å². The van der Waals surface area contributed by atoms with Crippen LogP contribution < -0.4 is 11.2 Å². The molecule has 74 valence electrons. The molecule has 1 rings (SSSR count). The van der Waals surface area contributed by atoms with Gasteiger partial charge < -0.3 is 10.6 Å². The van der Waals surface area contributed by atoms with Crippen molar-refractivity contribution in [3.63, 3.8) is 0 Å². The fourth-order valence-corrected chi connectivity index (χ4v) is 0.955. The summed E-state index contributed by atoms with van der Waals surface area (Å²) in [4.78, 5) is 18.2. The first-order valence-electron chi connectivity index (χ1n) is 3.96. The second-order valence-corrected chi connectivity index (χ2v) is 2.51. The second-order valence-electron chi connectivity index (χ2n) is 2.51. The maximum Gasteiger partial charge on any atom is 0.320 e. The number of nitrogens with two attached hydrogens (primary N) is 1. The number of rotatable bonds is 3. The van der Waals surface area contributed by atoms with E-state index in [-0.39, 0.29) is 0 Å². The van der Waals surface area contributed by atoms with Crippen LogP contribution in [0.1, 0.15) is 5.56 Å². The van der Waals surface area contributed by atoms with E-state index >= 15 is 0 Å². The third kappa shape index (κ3) is 2.48. The first kappa shape index (κ1) is 10.0. The summed E-state index contributed by atoms with van der Waals surface area (Å²) >= 11 is 0. The highest BCUT2D eigenvalue weighted by Crippen LogP contribution is 2.05. The zero-order valence-electron chi connectivity index (χ0n) is 7.73. The van der Waals surface area contributed by atoms with Gasteiger partial charge in [-0.3, -0.25) is 9.79 Å². The lowest BCUT2D eigenvalue weighted by atomic mass is 10.2. The van der Waals surface area contributed by atoms with Crippen molar-refractivity contribution in [2.24, 2.45) is 4.99 Å². The van der Waals surface area contributed by atoms with Gasteiger partial charge >= 0.3 is 6.47 Å². The number of nitrogen functional groups attached to an aromatic ring is 1. The topological polar surface area (TPSA) is 76.7 Å². The lowest BCUT2D eigenvalue weighted by Gasteiger charge is -2.06. The molecule has 0 atom stereocenters. The zero-order valence-corrected chi connectivity index (χ0v) is 7.73. The molecule has 0 radical (unpaired) electrons. The average molecular weight is 193 g/mol. The van der Waals surface area contributed by atoms with Gasteiger partial charge in [-0.25, -0.2) is 5.48 Å². The maximum absolute atomic E-state index is 9.95. The molecule has 0 aliphatic carbocycles. The smallest absolute Gasteiger partial charge is 0.320 e. The monoisotopic (exact) mass is 193 g/mol. The zero-order chi connectivity index (χ0) is 10.4. The normalized spacial score (nSPS) is 10.8. The standard InChI is InChI=1S/C9H11N3O2/c1-11-9(12-14-6-13)7-2-4-8(10)5-3-7/h2-6H,10H2,1H3,(H,11,12). The van der Waals surface area contributed by atoms with Gasteiger partial charge in [-0.15, -0.1) is 0 Å². The molecule has 0 unspecified atom stereocenters. The number of anilines is 1. The van der Waals surface area contributed by atoms with Crippen LogP contribution in [0.25, 0.3) is 0 Å².